The van der Waals surface area contributed by atoms with E-state index >= 15 is 0 Å². The van der Waals surface area contributed by atoms with E-state index in [0.717, 1.165) is 19.1 Å². The van der Waals surface area contributed by atoms with Crippen LogP contribution >= 0.6 is 0 Å². The zero-order chi connectivity index (χ0) is 15.4. The minimum absolute atomic E-state index is 0.0806. The lowest BCUT2D eigenvalue weighted by Crippen LogP contribution is -2.45. The van der Waals surface area contributed by atoms with Crippen LogP contribution in [0.3, 0.4) is 0 Å². The fourth-order valence-electron chi connectivity index (χ4n) is 2.29. The van der Waals surface area contributed by atoms with Crippen LogP contribution in [0.2, 0.25) is 0 Å². The molecule has 0 aromatic rings. The summed E-state index contributed by atoms with van der Waals surface area (Å²) in [5, 5.41) is 8.70. The SMILES string of the molecule is CS(=O)(=O)CCS(=O)(=O)N1CCCCC1CCC(=O)O. The molecule has 0 amide bonds. The van der Waals surface area contributed by atoms with Crippen molar-refractivity contribution >= 4 is 25.8 Å². The highest BCUT2D eigenvalue weighted by molar-refractivity contribution is 7.93. The molecule has 1 saturated heterocycles. The van der Waals surface area contributed by atoms with Crippen LogP contribution in [-0.2, 0) is 24.7 Å². The van der Waals surface area contributed by atoms with E-state index in [0.29, 0.717) is 13.0 Å². The topological polar surface area (TPSA) is 109 Å². The highest BCUT2D eigenvalue weighted by atomic mass is 32.2. The van der Waals surface area contributed by atoms with Crippen molar-refractivity contribution < 1.29 is 26.7 Å². The lowest BCUT2D eigenvalue weighted by Gasteiger charge is -2.34. The third-order valence-corrected chi connectivity index (χ3v) is 6.45. The number of piperidine rings is 1. The number of carboxylic acid groups (broad SMARTS) is 1. The Morgan fingerprint density at radius 3 is 2.40 bits per heavy atom. The van der Waals surface area contributed by atoms with Crippen molar-refractivity contribution in [1.29, 1.82) is 0 Å². The monoisotopic (exact) mass is 327 g/mol. The Morgan fingerprint density at radius 2 is 1.85 bits per heavy atom. The quantitative estimate of drug-likeness (QED) is 0.709. The third kappa shape index (κ3) is 5.76. The van der Waals surface area contributed by atoms with Crippen LogP contribution in [0.25, 0.3) is 0 Å². The van der Waals surface area contributed by atoms with E-state index in [-0.39, 0.29) is 18.9 Å². The molecule has 0 spiro atoms. The Morgan fingerprint density at radius 1 is 1.20 bits per heavy atom. The summed E-state index contributed by atoms with van der Waals surface area (Å²) >= 11 is 0. The Balaban J connectivity index is 2.75. The van der Waals surface area contributed by atoms with Gasteiger partial charge in [-0.3, -0.25) is 4.79 Å². The van der Waals surface area contributed by atoms with E-state index < -0.39 is 37.3 Å². The van der Waals surface area contributed by atoms with E-state index in [9.17, 15) is 21.6 Å². The Bertz CT molecular complexity index is 539. The van der Waals surface area contributed by atoms with E-state index in [1.54, 1.807) is 0 Å². The summed E-state index contributed by atoms with van der Waals surface area (Å²) in [5.74, 6) is -1.79. The summed E-state index contributed by atoms with van der Waals surface area (Å²) in [6.45, 7) is 0.344. The lowest BCUT2D eigenvalue weighted by molar-refractivity contribution is -0.137. The lowest BCUT2D eigenvalue weighted by atomic mass is 10.0. The molecule has 20 heavy (non-hydrogen) atoms. The summed E-state index contributed by atoms with van der Waals surface area (Å²) < 4.78 is 47.9. The summed E-state index contributed by atoms with van der Waals surface area (Å²) in [6, 6.07) is -0.329. The van der Waals surface area contributed by atoms with E-state index in [1.807, 2.05) is 0 Å². The molecule has 0 aliphatic carbocycles. The number of hydrogen-bond donors (Lipinski definition) is 1. The first-order valence-corrected chi connectivity index (χ1v) is 10.2. The number of carboxylic acids is 1. The average molecular weight is 327 g/mol. The molecule has 0 aromatic carbocycles. The smallest absolute Gasteiger partial charge is 0.303 e. The Kier molecular flexibility index (Phi) is 5.96. The zero-order valence-electron chi connectivity index (χ0n) is 11.5. The minimum atomic E-state index is -3.65. The summed E-state index contributed by atoms with van der Waals surface area (Å²) in [7, 11) is -6.99. The van der Waals surface area contributed by atoms with Crippen molar-refractivity contribution in [2.24, 2.45) is 0 Å². The largest absolute Gasteiger partial charge is 0.481 e. The molecular formula is C11H21NO6S2. The predicted octanol–water partition coefficient (Wildman–Crippen LogP) is 0.0801. The maximum absolute atomic E-state index is 12.2. The second-order valence-electron chi connectivity index (χ2n) is 5.14. The van der Waals surface area contributed by atoms with Crippen molar-refractivity contribution in [2.75, 3.05) is 24.3 Å². The van der Waals surface area contributed by atoms with Gasteiger partial charge in [0.1, 0.15) is 9.84 Å². The van der Waals surface area contributed by atoms with Crippen LogP contribution in [0.1, 0.15) is 32.1 Å². The maximum Gasteiger partial charge on any atom is 0.303 e. The highest BCUT2D eigenvalue weighted by Crippen LogP contribution is 2.24. The summed E-state index contributed by atoms with van der Waals surface area (Å²) in [5.41, 5.74) is 0. The molecule has 118 valence electrons. The number of sulfonamides is 1. The molecule has 1 unspecified atom stereocenters. The minimum Gasteiger partial charge on any atom is -0.481 e. The van der Waals surface area contributed by atoms with Gasteiger partial charge in [-0.05, 0) is 19.3 Å². The van der Waals surface area contributed by atoms with Gasteiger partial charge >= 0.3 is 5.97 Å². The Hall–Kier alpha value is -0.670. The molecular weight excluding hydrogens is 306 g/mol. The molecule has 1 aliphatic rings. The van der Waals surface area contributed by atoms with Crippen molar-refractivity contribution in [1.82, 2.24) is 4.31 Å². The van der Waals surface area contributed by atoms with Crippen molar-refractivity contribution in [3.05, 3.63) is 0 Å². The van der Waals surface area contributed by atoms with E-state index in [4.69, 9.17) is 5.11 Å². The van der Waals surface area contributed by atoms with Crippen molar-refractivity contribution in [2.45, 2.75) is 38.1 Å². The summed E-state index contributed by atoms with van der Waals surface area (Å²) in [4.78, 5) is 10.6. The fraction of sp³-hybridized carbons (Fsp3) is 0.909. The van der Waals surface area contributed by atoms with Gasteiger partial charge in [0.25, 0.3) is 0 Å². The van der Waals surface area contributed by atoms with Gasteiger partial charge in [0.05, 0.1) is 11.5 Å². The number of aliphatic carboxylic acids is 1. The molecule has 0 bridgehead atoms. The van der Waals surface area contributed by atoms with Crippen molar-refractivity contribution in [3.63, 3.8) is 0 Å². The van der Waals surface area contributed by atoms with Crippen LogP contribution in [0, 0.1) is 0 Å². The molecule has 1 aliphatic heterocycles. The fourth-order valence-corrected chi connectivity index (χ4v) is 5.65. The molecule has 7 nitrogen and oxygen atoms in total. The molecule has 0 aromatic heterocycles. The number of carbonyl (C=O) groups is 1. The average Bonchev–Trinajstić information content (AvgIpc) is 2.33. The van der Waals surface area contributed by atoms with Gasteiger partial charge < -0.3 is 5.11 Å². The molecule has 0 saturated carbocycles. The standard InChI is InChI=1S/C11H21NO6S2/c1-19(15,16)8-9-20(17,18)12-7-3-2-4-10(12)5-6-11(13)14/h10H,2-9H2,1H3,(H,13,14). The molecule has 1 rings (SSSR count). The molecule has 1 fully saturated rings. The highest BCUT2D eigenvalue weighted by Gasteiger charge is 2.32. The number of hydrogen-bond acceptors (Lipinski definition) is 5. The van der Waals surface area contributed by atoms with Gasteiger partial charge in [0, 0.05) is 25.3 Å². The maximum atomic E-state index is 12.2. The number of sulfone groups is 1. The van der Waals surface area contributed by atoms with Crippen molar-refractivity contribution in [3.8, 4) is 0 Å². The first-order chi connectivity index (χ1) is 9.12. The molecule has 9 heteroatoms. The van der Waals surface area contributed by atoms with Gasteiger partial charge in [-0.25, -0.2) is 16.8 Å². The Labute approximate surface area is 119 Å². The van der Waals surface area contributed by atoms with Gasteiger partial charge in [-0.1, -0.05) is 6.42 Å². The summed E-state index contributed by atoms with van der Waals surface area (Å²) in [6.07, 6.45) is 3.41. The molecule has 0 radical (unpaired) electrons. The molecule has 1 N–H and O–H groups in total. The van der Waals surface area contributed by atoms with E-state index in [1.165, 1.54) is 4.31 Å². The molecule has 1 heterocycles. The number of rotatable bonds is 7. The van der Waals surface area contributed by atoms with Gasteiger partial charge in [-0.15, -0.1) is 0 Å². The van der Waals surface area contributed by atoms with Crippen LogP contribution in [-0.4, -0.2) is 62.6 Å². The first-order valence-electron chi connectivity index (χ1n) is 6.51. The van der Waals surface area contributed by atoms with Crippen LogP contribution in [0.4, 0.5) is 0 Å². The normalized spacial score (nSPS) is 21.8. The second-order valence-corrected chi connectivity index (χ2v) is 9.44. The van der Waals surface area contributed by atoms with E-state index in [2.05, 4.69) is 0 Å². The zero-order valence-corrected chi connectivity index (χ0v) is 13.1. The third-order valence-electron chi connectivity index (χ3n) is 3.33. The number of nitrogens with zero attached hydrogens (tertiary/aromatic N) is 1. The van der Waals surface area contributed by atoms with Crippen LogP contribution in [0.15, 0.2) is 0 Å². The first kappa shape index (κ1) is 17.4. The van der Waals surface area contributed by atoms with Gasteiger partial charge in [-0.2, -0.15) is 4.31 Å². The van der Waals surface area contributed by atoms with Crippen LogP contribution in [0.5, 0.6) is 0 Å². The van der Waals surface area contributed by atoms with Gasteiger partial charge in [0.15, 0.2) is 0 Å². The van der Waals surface area contributed by atoms with Gasteiger partial charge in [0.2, 0.25) is 10.0 Å². The molecule has 1 atom stereocenters. The predicted molar refractivity (Wildman–Crippen MR) is 74.7 cm³/mol. The second kappa shape index (κ2) is 6.86. The van der Waals surface area contributed by atoms with Crippen LogP contribution < -0.4 is 0 Å².